The summed E-state index contributed by atoms with van der Waals surface area (Å²) >= 11 is 0. The Morgan fingerprint density at radius 1 is 0.333 bits per heavy atom. The molecule has 0 fully saturated rings. The molecule has 0 radical (unpaired) electrons. The van der Waals surface area contributed by atoms with Gasteiger partial charge in [-0.1, -0.05) is 248 Å². The molecule has 0 amide bonds. The zero-order valence-electron chi connectivity index (χ0n) is 41.6. The van der Waals surface area contributed by atoms with Gasteiger partial charge < -0.3 is 14.2 Å². The van der Waals surface area contributed by atoms with Gasteiger partial charge in [-0.2, -0.15) is 0 Å². The monoisotopic (exact) mass is 881 g/mol. The van der Waals surface area contributed by atoms with Gasteiger partial charge in [-0.15, -0.1) is 0 Å². The molecule has 0 heterocycles. The number of unbranched alkanes of at least 4 members (excludes halogenated alkanes) is 27. The Bertz CT molecular complexity index is 1150. The van der Waals surface area contributed by atoms with Crippen LogP contribution in [-0.2, 0) is 28.6 Å². The highest BCUT2D eigenvalue weighted by atomic mass is 16.6. The van der Waals surface area contributed by atoms with Crippen molar-refractivity contribution in [2.24, 2.45) is 0 Å². The van der Waals surface area contributed by atoms with E-state index in [-0.39, 0.29) is 37.5 Å². The van der Waals surface area contributed by atoms with Crippen LogP contribution in [0.25, 0.3) is 0 Å². The summed E-state index contributed by atoms with van der Waals surface area (Å²) in [6.45, 7) is 6.50. The maximum atomic E-state index is 12.8. The summed E-state index contributed by atoms with van der Waals surface area (Å²) in [5.41, 5.74) is 0. The molecule has 63 heavy (non-hydrogen) atoms. The van der Waals surface area contributed by atoms with E-state index >= 15 is 0 Å². The van der Waals surface area contributed by atoms with Crippen molar-refractivity contribution in [1.29, 1.82) is 0 Å². The van der Waals surface area contributed by atoms with E-state index in [2.05, 4.69) is 81.5 Å². The van der Waals surface area contributed by atoms with Crippen LogP contribution < -0.4 is 0 Å². The van der Waals surface area contributed by atoms with Crippen LogP contribution in [0.5, 0.6) is 0 Å². The third-order valence-electron chi connectivity index (χ3n) is 11.5. The van der Waals surface area contributed by atoms with Gasteiger partial charge in [-0.05, 0) is 57.8 Å². The topological polar surface area (TPSA) is 78.9 Å². The lowest BCUT2D eigenvalue weighted by Crippen LogP contribution is -2.30. The van der Waals surface area contributed by atoms with Gasteiger partial charge in [0, 0.05) is 19.3 Å². The van der Waals surface area contributed by atoms with E-state index in [1.807, 2.05) is 0 Å². The molecule has 0 N–H and O–H groups in total. The minimum atomic E-state index is -0.792. The lowest BCUT2D eigenvalue weighted by atomic mass is 10.0. The zero-order valence-corrected chi connectivity index (χ0v) is 41.6. The fourth-order valence-electron chi connectivity index (χ4n) is 7.54. The Kier molecular flexibility index (Phi) is 49.4. The number of ether oxygens (including phenoxy) is 3. The highest BCUT2D eigenvalue weighted by Gasteiger charge is 2.19. The molecule has 0 aromatic carbocycles. The zero-order chi connectivity index (χ0) is 45.8. The molecule has 0 aliphatic heterocycles. The fraction of sp³-hybridized carbons (Fsp3) is 0.772. The summed E-state index contributed by atoms with van der Waals surface area (Å²) in [4.78, 5) is 38.0. The Morgan fingerprint density at radius 3 is 0.968 bits per heavy atom. The quantitative estimate of drug-likeness (QED) is 0.0262. The van der Waals surface area contributed by atoms with Crippen molar-refractivity contribution in [3.8, 4) is 0 Å². The summed E-state index contributed by atoms with van der Waals surface area (Å²) in [7, 11) is 0. The first-order valence-electron chi connectivity index (χ1n) is 26.8. The van der Waals surface area contributed by atoms with Crippen molar-refractivity contribution in [2.75, 3.05) is 13.2 Å². The van der Waals surface area contributed by atoms with Gasteiger partial charge in [-0.25, -0.2) is 0 Å². The Morgan fingerprint density at radius 2 is 0.619 bits per heavy atom. The molecule has 1 unspecified atom stereocenters. The van der Waals surface area contributed by atoms with Gasteiger partial charge >= 0.3 is 17.9 Å². The standard InChI is InChI=1S/C57H100O6/c1-4-7-10-13-16-19-22-25-27-28-30-32-35-38-41-44-47-50-56(59)62-53-54(52-61-55(58)49-46-43-40-37-34-31-24-21-18-15-12-9-6-3)63-57(60)51-48-45-42-39-36-33-29-26-23-20-17-14-11-8-5-2/h7,10,16,19,25,27,30,32,38,41,54H,4-6,8-9,11-15,17-18,20-24,26,28-29,31,33-37,39-40,42-53H2,1-3H3/b10-7-,19-16-,27-25-,32-30-,41-38-. The van der Waals surface area contributed by atoms with Crippen LogP contribution in [0.2, 0.25) is 0 Å². The number of esters is 3. The lowest BCUT2D eigenvalue weighted by Gasteiger charge is -2.18. The Labute approximate surface area is 390 Å². The maximum Gasteiger partial charge on any atom is 0.306 e. The average molecular weight is 881 g/mol. The van der Waals surface area contributed by atoms with Crippen molar-refractivity contribution in [2.45, 2.75) is 271 Å². The van der Waals surface area contributed by atoms with Gasteiger partial charge in [0.15, 0.2) is 6.10 Å². The fourth-order valence-corrected chi connectivity index (χ4v) is 7.54. The van der Waals surface area contributed by atoms with Crippen LogP contribution in [0.15, 0.2) is 60.8 Å². The predicted octanol–water partition coefficient (Wildman–Crippen LogP) is 17.6. The molecule has 364 valence electrons. The lowest BCUT2D eigenvalue weighted by molar-refractivity contribution is -0.167. The van der Waals surface area contributed by atoms with E-state index in [0.717, 1.165) is 77.0 Å². The largest absolute Gasteiger partial charge is 0.462 e. The predicted molar refractivity (Wildman–Crippen MR) is 270 cm³/mol. The SMILES string of the molecule is CC/C=C\C/C=C\C/C=C\C/C=C\C/C=C\CCCC(=O)OCC(COC(=O)CCCCCCCCCCCCCCC)OC(=O)CCCCCCCCCCCCCCCCC. The van der Waals surface area contributed by atoms with Crippen molar-refractivity contribution >= 4 is 17.9 Å². The molecular weight excluding hydrogens is 781 g/mol. The molecule has 0 aromatic heterocycles. The summed E-state index contributed by atoms with van der Waals surface area (Å²) in [5, 5.41) is 0. The van der Waals surface area contributed by atoms with E-state index in [4.69, 9.17) is 14.2 Å². The molecular formula is C57H100O6. The van der Waals surface area contributed by atoms with Crippen molar-refractivity contribution < 1.29 is 28.6 Å². The third-order valence-corrected chi connectivity index (χ3v) is 11.5. The smallest absolute Gasteiger partial charge is 0.306 e. The van der Waals surface area contributed by atoms with Gasteiger partial charge in [0.2, 0.25) is 0 Å². The molecule has 0 aromatic rings. The second-order valence-corrected chi connectivity index (χ2v) is 17.8. The average Bonchev–Trinajstić information content (AvgIpc) is 3.28. The third kappa shape index (κ3) is 50.0. The highest BCUT2D eigenvalue weighted by molar-refractivity contribution is 5.71. The van der Waals surface area contributed by atoms with E-state index < -0.39 is 6.10 Å². The number of hydrogen-bond donors (Lipinski definition) is 0. The van der Waals surface area contributed by atoms with Crippen LogP contribution in [-0.4, -0.2) is 37.2 Å². The number of rotatable bonds is 48. The van der Waals surface area contributed by atoms with Crippen molar-refractivity contribution in [1.82, 2.24) is 0 Å². The summed E-state index contributed by atoms with van der Waals surface area (Å²) in [6, 6.07) is 0. The molecule has 0 spiro atoms. The highest BCUT2D eigenvalue weighted by Crippen LogP contribution is 2.16. The Balaban J connectivity index is 4.44. The summed E-state index contributed by atoms with van der Waals surface area (Å²) in [6.07, 6.45) is 63.5. The van der Waals surface area contributed by atoms with Crippen molar-refractivity contribution in [3.05, 3.63) is 60.8 Å². The maximum absolute atomic E-state index is 12.8. The minimum Gasteiger partial charge on any atom is -0.462 e. The number of carbonyl (C=O) groups is 3. The second-order valence-electron chi connectivity index (χ2n) is 17.8. The van der Waals surface area contributed by atoms with E-state index in [1.165, 1.54) is 141 Å². The van der Waals surface area contributed by atoms with Crippen LogP contribution >= 0.6 is 0 Å². The van der Waals surface area contributed by atoms with Gasteiger partial charge in [0.25, 0.3) is 0 Å². The molecule has 0 aliphatic carbocycles. The molecule has 0 bridgehead atoms. The molecule has 0 saturated heterocycles. The first-order chi connectivity index (χ1) is 31.0. The van der Waals surface area contributed by atoms with Crippen molar-refractivity contribution in [3.63, 3.8) is 0 Å². The molecule has 1 atom stereocenters. The van der Waals surface area contributed by atoms with E-state index in [0.29, 0.717) is 19.3 Å². The minimum absolute atomic E-state index is 0.0881. The van der Waals surface area contributed by atoms with Crippen LogP contribution in [0.1, 0.15) is 265 Å². The number of hydrogen-bond acceptors (Lipinski definition) is 6. The molecule has 0 rings (SSSR count). The normalized spacial score (nSPS) is 12.5. The van der Waals surface area contributed by atoms with Gasteiger partial charge in [0.1, 0.15) is 13.2 Å². The number of allylic oxidation sites excluding steroid dienone is 10. The van der Waals surface area contributed by atoms with Crippen LogP contribution in [0.3, 0.4) is 0 Å². The molecule has 6 heteroatoms. The molecule has 0 aliphatic rings. The summed E-state index contributed by atoms with van der Waals surface area (Å²) in [5.74, 6) is -0.939. The number of carbonyl (C=O) groups excluding carboxylic acids is 3. The van der Waals surface area contributed by atoms with E-state index in [9.17, 15) is 14.4 Å². The van der Waals surface area contributed by atoms with Crippen LogP contribution in [0.4, 0.5) is 0 Å². The first-order valence-corrected chi connectivity index (χ1v) is 26.8. The second kappa shape index (κ2) is 51.7. The Hall–Kier alpha value is -2.89. The summed E-state index contributed by atoms with van der Waals surface area (Å²) < 4.78 is 16.8. The van der Waals surface area contributed by atoms with Gasteiger partial charge in [-0.3, -0.25) is 14.4 Å². The van der Waals surface area contributed by atoms with Gasteiger partial charge in [0.05, 0.1) is 0 Å². The molecule has 0 saturated carbocycles. The van der Waals surface area contributed by atoms with E-state index in [1.54, 1.807) is 0 Å². The first kappa shape index (κ1) is 60.1. The van der Waals surface area contributed by atoms with Crippen LogP contribution in [0, 0.1) is 0 Å². The molecule has 6 nitrogen and oxygen atoms in total.